The molecule has 1 fully saturated rings. The Kier molecular flexibility index (Phi) is 3.02. The molecule has 7 nitrogen and oxygen atoms in total. The van der Waals surface area contributed by atoms with Gasteiger partial charge < -0.3 is 10.0 Å². The fourth-order valence-corrected chi connectivity index (χ4v) is 2.08. The maximum absolute atomic E-state index is 12.0. The number of hydrogen-bond donors (Lipinski definition) is 1. The summed E-state index contributed by atoms with van der Waals surface area (Å²) in [6, 6.07) is 0. The van der Waals surface area contributed by atoms with Gasteiger partial charge in [0.1, 0.15) is 0 Å². The minimum atomic E-state index is -0.678. The van der Waals surface area contributed by atoms with Gasteiger partial charge in [0.15, 0.2) is 0 Å². The van der Waals surface area contributed by atoms with Crippen molar-refractivity contribution in [1.29, 1.82) is 0 Å². The number of aliphatic hydroxyl groups is 1. The van der Waals surface area contributed by atoms with E-state index < -0.39 is 11.3 Å². The van der Waals surface area contributed by atoms with E-state index in [1.165, 1.54) is 14.1 Å². The summed E-state index contributed by atoms with van der Waals surface area (Å²) in [7, 11) is 2.96. The fourth-order valence-electron chi connectivity index (χ4n) is 2.08. The molecule has 0 radical (unpaired) electrons. The van der Waals surface area contributed by atoms with Gasteiger partial charge in [-0.3, -0.25) is 9.36 Å². The molecule has 2 rings (SSSR count). The highest BCUT2D eigenvalue weighted by Crippen LogP contribution is 2.22. The zero-order valence-electron chi connectivity index (χ0n) is 10.9. The first kappa shape index (κ1) is 12.8. The van der Waals surface area contributed by atoms with Crippen LogP contribution in [0.15, 0.2) is 9.59 Å². The normalized spacial score (nSPS) is 19.0. The molecule has 1 saturated heterocycles. The Morgan fingerprint density at radius 2 is 1.78 bits per heavy atom. The SMILES string of the molecule is Cn1nc(N2CCC(C)(O)CC2)c(=O)n(C)c1=O. The van der Waals surface area contributed by atoms with Crippen LogP contribution in [0.1, 0.15) is 19.8 Å². The smallest absolute Gasteiger partial charge is 0.346 e. The van der Waals surface area contributed by atoms with Crippen LogP contribution in [-0.2, 0) is 14.1 Å². The summed E-state index contributed by atoms with van der Waals surface area (Å²) in [6.45, 7) is 2.91. The van der Waals surface area contributed by atoms with Gasteiger partial charge in [-0.2, -0.15) is 0 Å². The molecule has 0 spiro atoms. The predicted molar refractivity (Wildman–Crippen MR) is 66.8 cm³/mol. The molecule has 0 bridgehead atoms. The lowest BCUT2D eigenvalue weighted by Gasteiger charge is -2.35. The first-order valence-electron chi connectivity index (χ1n) is 5.93. The summed E-state index contributed by atoms with van der Waals surface area (Å²) in [5.41, 5.74) is -1.50. The van der Waals surface area contributed by atoms with Crippen molar-refractivity contribution in [2.45, 2.75) is 25.4 Å². The zero-order valence-corrected chi connectivity index (χ0v) is 10.9. The summed E-state index contributed by atoms with van der Waals surface area (Å²) in [4.78, 5) is 25.3. The molecule has 2 heterocycles. The number of anilines is 1. The highest BCUT2D eigenvalue weighted by molar-refractivity contribution is 5.35. The third-order valence-electron chi connectivity index (χ3n) is 3.44. The van der Waals surface area contributed by atoms with Crippen LogP contribution < -0.4 is 16.1 Å². The summed E-state index contributed by atoms with van der Waals surface area (Å²) >= 11 is 0. The van der Waals surface area contributed by atoms with Crippen LogP contribution in [0.2, 0.25) is 0 Å². The number of aromatic nitrogens is 3. The van der Waals surface area contributed by atoms with E-state index in [2.05, 4.69) is 5.10 Å². The molecular formula is C11H18N4O3. The minimum Gasteiger partial charge on any atom is -0.390 e. The van der Waals surface area contributed by atoms with Crippen molar-refractivity contribution in [3.05, 3.63) is 20.8 Å². The average Bonchev–Trinajstić information content (AvgIpc) is 2.32. The van der Waals surface area contributed by atoms with E-state index in [0.29, 0.717) is 25.9 Å². The van der Waals surface area contributed by atoms with Crippen molar-refractivity contribution in [3.63, 3.8) is 0 Å². The quantitative estimate of drug-likeness (QED) is 0.683. The standard InChI is InChI=1S/C11H18N4O3/c1-11(18)4-6-15(7-5-11)8-9(16)13(2)10(17)14(3)12-8/h18H,4-7H2,1-3H3. The third kappa shape index (κ3) is 2.17. The Morgan fingerprint density at radius 3 is 2.33 bits per heavy atom. The van der Waals surface area contributed by atoms with Gasteiger partial charge in [0.2, 0.25) is 5.82 Å². The Morgan fingerprint density at radius 1 is 1.22 bits per heavy atom. The van der Waals surface area contributed by atoms with Gasteiger partial charge >= 0.3 is 5.69 Å². The maximum atomic E-state index is 12.0. The average molecular weight is 254 g/mol. The molecule has 0 saturated carbocycles. The first-order valence-corrected chi connectivity index (χ1v) is 5.93. The molecule has 1 aromatic heterocycles. The van der Waals surface area contributed by atoms with Crippen molar-refractivity contribution < 1.29 is 5.11 Å². The van der Waals surface area contributed by atoms with E-state index in [0.717, 1.165) is 9.25 Å². The lowest BCUT2D eigenvalue weighted by atomic mass is 9.94. The van der Waals surface area contributed by atoms with Gasteiger partial charge in [0.05, 0.1) is 5.60 Å². The van der Waals surface area contributed by atoms with Crippen LogP contribution in [0.4, 0.5) is 5.82 Å². The van der Waals surface area contributed by atoms with Crippen LogP contribution in [0, 0.1) is 0 Å². The molecule has 0 aliphatic carbocycles. The van der Waals surface area contributed by atoms with E-state index in [9.17, 15) is 14.7 Å². The van der Waals surface area contributed by atoms with E-state index in [4.69, 9.17) is 0 Å². The minimum absolute atomic E-state index is 0.273. The van der Waals surface area contributed by atoms with Gasteiger partial charge in [-0.25, -0.2) is 9.48 Å². The number of hydrogen-bond acceptors (Lipinski definition) is 5. The lowest BCUT2D eigenvalue weighted by molar-refractivity contribution is 0.0349. The van der Waals surface area contributed by atoms with Crippen molar-refractivity contribution in [3.8, 4) is 0 Å². The summed E-state index contributed by atoms with van der Waals surface area (Å²) in [6.07, 6.45) is 1.17. The number of aryl methyl sites for hydroxylation is 1. The number of nitrogens with zero attached hydrogens (tertiary/aromatic N) is 4. The van der Waals surface area contributed by atoms with Crippen LogP contribution in [0.25, 0.3) is 0 Å². The van der Waals surface area contributed by atoms with E-state index >= 15 is 0 Å². The molecule has 0 atom stereocenters. The largest absolute Gasteiger partial charge is 0.390 e. The van der Waals surface area contributed by atoms with Crippen molar-refractivity contribution >= 4 is 5.82 Å². The molecule has 7 heteroatoms. The van der Waals surface area contributed by atoms with Gasteiger partial charge in [0, 0.05) is 27.2 Å². The maximum Gasteiger partial charge on any atom is 0.346 e. The number of piperidine rings is 1. The number of rotatable bonds is 1. The van der Waals surface area contributed by atoms with Crippen LogP contribution in [0.5, 0.6) is 0 Å². The molecule has 0 amide bonds. The van der Waals surface area contributed by atoms with Crippen LogP contribution in [-0.4, -0.2) is 38.1 Å². The second-order valence-electron chi connectivity index (χ2n) is 5.08. The Hall–Kier alpha value is -1.63. The molecular weight excluding hydrogens is 236 g/mol. The predicted octanol–water partition coefficient (Wildman–Crippen LogP) is -1.17. The Labute approximate surface area is 104 Å². The fraction of sp³-hybridized carbons (Fsp3) is 0.727. The molecule has 1 aliphatic heterocycles. The molecule has 18 heavy (non-hydrogen) atoms. The molecule has 0 unspecified atom stereocenters. The van der Waals surface area contributed by atoms with E-state index in [1.807, 2.05) is 4.90 Å². The second kappa shape index (κ2) is 4.24. The molecule has 100 valence electrons. The zero-order chi connectivity index (χ0) is 13.5. The van der Waals surface area contributed by atoms with Crippen molar-refractivity contribution in [2.75, 3.05) is 18.0 Å². The summed E-state index contributed by atoms with van der Waals surface area (Å²) in [5, 5.41) is 13.9. The lowest BCUT2D eigenvalue weighted by Crippen LogP contribution is -2.48. The van der Waals surface area contributed by atoms with Gasteiger partial charge in [-0.15, -0.1) is 5.10 Å². The Bertz CT molecular complexity index is 563. The van der Waals surface area contributed by atoms with Crippen molar-refractivity contribution in [2.24, 2.45) is 14.1 Å². The Balaban J connectivity index is 2.36. The molecule has 1 aromatic rings. The first-order chi connectivity index (χ1) is 8.32. The molecule has 1 aliphatic rings. The second-order valence-corrected chi connectivity index (χ2v) is 5.08. The highest BCUT2D eigenvalue weighted by Gasteiger charge is 2.29. The van der Waals surface area contributed by atoms with Gasteiger partial charge in [-0.05, 0) is 19.8 Å². The van der Waals surface area contributed by atoms with Gasteiger partial charge in [0.25, 0.3) is 5.56 Å². The van der Waals surface area contributed by atoms with Crippen LogP contribution >= 0.6 is 0 Å². The summed E-state index contributed by atoms with van der Waals surface area (Å²) < 4.78 is 2.21. The molecule has 0 aromatic carbocycles. The van der Waals surface area contributed by atoms with E-state index in [1.54, 1.807) is 6.92 Å². The topological polar surface area (TPSA) is 80.4 Å². The third-order valence-corrected chi connectivity index (χ3v) is 3.44. The van der Waals surface area contributed by atoms with Crippen molar-refractivity contribution in [1.82, 2.24) is 14.3 Å². The monoisotopic (exact) mass is 254 g/mol. The van der Waals surface area contributed by atoms with Crippen LogP contribution in [0.3, 0.4) is 0 Å². The highest BCUT2D eigenvalue weighted by atomic mass is 16.3. The van der Waals surface area contributed by atoms with Gasteiger partial charge in [-0.1, -0.05) is 0 Å². The molecule has 1 N–H and O–H groups in total. The summed E-state index contributed by atoms with van der Waals surface area (Å²) in [5.74, 6) is 0.273. The van der Waals surface area contributed by atoms with E-state index in [-0.39, 0.29) is 11.4 Å².